The number of benzene rings is 1. The maximum absolute atomic E-state index is 13.3. The number of aromatic hydroxyl groups is 1. The Morgan fingerprint density at radius 2 is 1.34 bits per heavy atom. The summed E-state index contributed by atoms with van der Waals surface area (Å²) < 4.78 is 0. The van der Waals surface area contributed by atoms with Crippen molar-refractivity contribution in [1.29, 1.82) is 0 Å². The van der Waals surface area contributed by atoms with E-state index in [0.717, 1.165) is 0 Å². The highest BCUT2D eigenvalue weighted by molar-refractivity contribution is 5.94. The number of unbranched alkanes of at least 4 members (excludes halogenated alkanes) is 2. The number of amides is 3. The molecule has 0 bridgehead atoms. The molecule has 0 aliphatic rings. The summed E-state index contributed by atoms with van der Waals surface area (Å²) in [7, 11) is 0. The van der Waals surface area contributed by atoms with Crippen LogP contribution in [0.15, 0.2) is 24.3 Å². The van der Waals surface area contributed by atoms with E-state index in [1.54, 1.807) is 12.1 Å². The molecule has 214 valence electrons. The van der Waals surface area contributed by atoms with Gasteiger partial charge < -0.3 is 48.5 Å². The molecule has 13 heteroatoms. The Bertz CT molecular complexity index is 897. The van der Waals surface area contributed by atoms with Gasteiger partial charge >= 0.3 is 5.97 Å². The topological polar surface area (TPSA) is 243 Å². The van der Waals surface area contributed by atoms with Crippen LogP contribution in [0.25, 0.3) is 0 Å². The first-order valence-corrected chi connectivity index (χ1v) is 12.8. The number of rotatable bonds is 18. The van der Waals surface area contributed by atoms with Gasteiger partial charge in [-0.2, -0.15) is 0 Å². The van der Waals surface area contributed by atoms with Crippen molar-refractivity contribution in [2.45, 2.75) is 82.1 Å². The molecule has 5 atom stereocenters. The Labute approximate surface area is 222 Å². The minimum atomic E-state index is -1.60. The van der Waals surface area contributed by atoms with Crippen molar-refractivity contribution in [3.63, 3.8) is 0 Å². The fraction of sp³-hybridized carbons (Fsp3) is 0.600. The molecule has 0 saturated heterocycles. The number of aliphatic hydroxyl groups is 1. The molecule has 0 heterocycles. The van der Waals surface area contributed by atoms with Gasteiger partial charge in [0.25, 0.3) is 0 Å². The largest absolute Gasteiger partial charge is 0.508 e. The summed E-state index contributed by atoms with van der Waals surface area (Å²) in [4.78, 5) is 50.5. The molecule has 5 unspecified atom stereocenters. The summed E-state index contributed by atoms with van der Waals surface area (Å²) in [5.41, 5.74) is 17.6. The number of aliphatic hydroxyl groups excluding tert-OH is 1. The Morgan fingerprint density at radius 1 is 0.816 bits per heavy atom. The van der Waals surface area contributed by atoms with Crippen LogP contribution in [0.3, 0.4) is 0 Å². The maximum Gasteiger partial charge on any atom is 0.328 e. The second-order valence-electron chi connectivity index (χ2n) is 9.23. The summed E-state index contributed by atoms with van der Waals surface area (Å²) >= 11 is 0. The second kappa shape index (κ2) is 17.3. The fourth-order valence-corrected chi connectivity index (χ4v) is 3.67. The van der Waals surface area contributed by atoms with Crippen molar-refractivity contribution in [1.82, 2.24) is 16.0 Å². The molecule has 1 aromatic carbocycles. The lowest BCUT2D eigenvalue weighted by molar-refractivity contribution is -0.145. The number of nitrogens with one attached hydrogen (secondary N) is 3. The van der Waals surface area contributed by atoms with E-state index in [4.69, 9.17) is 17.2 Å². The molecule has 3 amide bonds. The van der Waals surface area contributed by atoms with Crippen LogP contribution in [0.5, 0.6) is 5.75 Å². The Kier molecular flexibility index (Phi) is 14.9. The SMILES string of the molecule is CC(O)C(NC(=O)C(Cc1ccc(O)cc1)NC(=O)C(CCCCN)NC(=O)C(N)CCCCN)C(=O)O. The van der Waals surface area contributed by atoms with E-state index in [1.807, 2.05) is 0 Å². The van der Waals surface area contributed by atoms with E-state index in [2.05, 4.69) is 16.0 Å². The molecule has 0 fully saturated rings. The Balaban J connectivity index is 3.10. The molecule has 13 nitrogen and oxygen atoms in total. The van der Waals surface area contributed by atoms with Gasteiger partial charge in [-0.15, -0.1) is 0 Å². The molecule has 12 N–H and O–H groups in total. The quantitative estimate of drug-likeness (QED) is 0.0973. The van der Waals surface area contributed by atoms with Crippen LogP contribution in [0, 0.1) is 0 Å². The zero-order valence-electron chi connectivity index (χ0n) is 21.8. The predicted octanol–water partition coefficient (Wildman–Crippen LogP) is -1.56. The number of phenolic OH excluding ortho intramolecular Hbond substituents is 1. The number of aliphatic carboxylic acids is 1. The van der Waals surface area contributed by atoms with Crippen LogP contribution in [-0.2, 0) is 25.6 Å². The number of nitrogens with two attached hydrogens (primary N) is 3. The van der Waals surface area contributed by atoms with Crippen molar-refractivity contribution in [3.05, 3.63) is 29.8 Å². The minimum Gasteiger partial charge on any atom is -0.508 e. The molecular formula is C25H42N6O7. The number of carboxylic acid groups (broad SMARTS) is 1. The third-order valence-electron chi connectivity index (χ3n) is 5.94. The van der Waals surface area contributed by atoms with E-state index < -0.39 is 54.0 Å². The molecule has 0 aromatic heterocycles. The highest BCUT2D eigenvalue weighted by Gasteiger charge is 2.32. The van der Waals surface area contributed by atoms with Gasteiger partial charge in [0.1, 0.15) is 17.8 Å². The van der Waals surface area contributed by atoms with Crippen molar-refractivity contribution in [2.75, 3.05) is 13.1 Å². The summed E-state index contributed by atoms with van der Waals surface area (Å²) in [5, 5.41) is 36.2. The van der Waals surface area contributed by atoms with Crippen molar-refractivity contribution in [2.24, 2.45) is 17.2 Å². The summed E-state index contributed by atoms with van der Waals surface area (Å²) in [5.74, 6) is -3.46. The summed E-state index contributed by atoms with van der Waals surface area (Å²) in [6, 6.07) is 1.20. The molecule has 0 radical (unpaired) electrons. The lowest BCUT2D eigenvalue weighted by atomic mass is 10.0. The van der Waals surface area contributed by atoms with Crippen molar-refractivity contribution >= 4 is 23.7 Å². The molecular weight excluding hydrogens is 496 g/mol. The van der Waals surface area contributed by atoms with Crippen LogP contribution >= 0.6 is 0 Å². The first-order valence-electron chi connectivity index (χ1n) is 12.8. The van der Waals surface area contributed by atoms with Crippen LogP contribution < -0.4 is 33.2 Å². The van der Waals surface area contributed by atoms with Crippen molar-refractivity contribution in [3.8, 4) is 5.75 Å². The highest BCUT2D eigenvalue weighted by atomic mass is 16.4. The molecule has 0 spiro atoms. The smallest absolute Gasteiger partial charge is 0.328 e. The highest BCUT2D eigenvalue weighted by Crippen LogP contribution is 2.12. The van der Waals surface area contributed by atoms with E-state index in [-0.39, 0.29) is 18.6 Å². The molecule has 38 heavy (non-hydrogen) atoms. The summed E-state index contributed by atoms with van der Waals surface area (Å²) in [6.45, 7) is 2.08. The van der Waals surface area contributed by atoms with Gasteiger partial charge in [-0.3, -0.25) is 14.4 Å². The molecule has 0 aliphatic heterocycles. The number of carboxylic acids is 1. The monoisotopic (exact) mass is 538 g/mol. The van der Waals surface area contributed by atoms with Crippen LogP contribution in [0.4, 0.5) is 0 Å². The standard InChI is InChI=1S/C25H42N6O7/c1-15(32)21(25(37)38)31-24(36)20(14-16-8-10-17(33)11-9-16)30-23(35)19(7-3-5-13-27)29-22(34)18(28)6-2-4-12-26/h8-11,15,18-21,32-33H,2-7,12-14,26-28H2,1H3,(H,29,34)(H,30,35)(H,31,36)(H,37,38). The van der Waals surface area contributed by atoms with Gasteiger partial charge in [-0.05, 0) is 69.8 Å². The van der Waals surface area contributed by atoms with Gasteiger partial charge in [0.15, 0.2) is 6.04 Å². The molecule has 1 aromatic rings. The zero-order valence-corrected chi connectivity index (χ0v) is 21.8. The van der Waals surface area contributed by atoms with E-state index >= 15 is 0 Å². The fourth-order valence-electron chi connectivity index (χ4n) is 3.67. The maximum atomic E-state index is 13.3. The summed E-state index contributed by atoms with van der Waals surface area (Å²) in [6.07, 6.45) is 1.67. The van der Waals surface area contributed by atoms with Gasteiger partial charge in [0.2, 0.25) is 17.7 Å². The van der Waals surface area contributed by atoms with E-state index in [9.17, 15) is 34.5 Å². The average Bonchev–Trinajstić information content (AvgIpc) is 2.86. The van der Waals surface area contributed by atoms with Gasteiger partial charge in [0.05, 0.1) is 12.1 Å². The van der Waals surface area contributed by atoms with Gasteiger partial charge in [-0.25, -0.2) is 4.79 Å². The number of carbonyl (C=O) groups excluding carboxylic acids is 3. The number of hydrogen-bond donors (Lipinski definition) is 9. The van der Waals surface area contributed by atoms with Crippen LogP contribution in [0.1, 0.15) is 51.0 Å². The van der Waals surface area contributed by atoms with Gasteiger partial charge in [-0.1, -0.05) is 18.6 Å². The Morgan fingerprint density at radius 3 is 1.87 bits per heavy atom. The van der Waals surface area contributed by atoms with E-state index in [1.165, 1.54) is 19.1 Å². The normalized spacial score (nSPS) is 15.0. The van der Waals surface area contributed by atoms with E-state index in [0.29, 0.717) is 50.8 Å². The number of carbonyl (C=O) groups is 4. The zero-order chi connectivity index (χ0) is 28.7. The second-order valence-corrected chi connectivity index (χ2v) is 9.23. The third-order valence-corrected chi connectivity index (χ3v) is 5.94. The van der Waals surface area contributed by atoms with Crippen LogP contribution in [-0.4, -0.2) is 82.4 Å². The lowest BCUT2D eigenvalue weighted by Gasteiger charge is -2.26. The van der Waals surface area contributed by atoms with Crippen molar-refractivity contribution < 1.29 is 34.5 Å². The van der Waals surface area contributed by atoms with Crippen LogP contribution in [0.2, 0.25) is 0 Å². The first-order chi connectivity index (χ1) is 18.0. The number of hydrogen-bond acceptors (Lipinski definition) is 9. The first kappa shape index (κ1) is 32.8. The minimum absolute atomic E-state index is 0.00400. The molecule has 1 rings (SSSR count). The van der Waals surface area contributed by atoms with Gasteiger partial charge in [0, 0.05) is 6.42 Å². The average molecular weight is 539 g/mol. The third kappa shape index (κ3) is 11.9. The molecule has 0 saturated carbocycles. The Hall–Kier alpha value is -3.26. The molecule has 0 aliphatic carbocycles. The number of phenols is 1. The predicted molar refractivity (Wildman–Crippen MR) is 141 cm³/mol. The lowest BCUT2D eigenvalue weighted by Crippen LogP contribution is -2.58.